The van der Waals surface area contributed by atoms with Crippen LogP contribution >= 0.6 is 11.6 Å². The minimum atomic E-state index is -1.67. The van der Waals surface area contributed by atoms with E-state index in [4.69, 9.17) is 11.6 Å². The van der Waals surface area contributed by atoms with Gasteiger partial charge < -0.3 is 10.2 Å². The fraction of sp³-hybridized carbons (Fsp3) is 0.176. The van der Waals surface area contributed by atoms with Crippen LogP contribution in [0.15, 0.2) is 36.4 Å². The van der Waals surface area contributed by atoms with E-state index in [0.717, 1.165) is 6.07 Å². The zero-order chi connectivity index (χ0) is 18.1. The Labute approximate surface area is 146 Å². The highest BCUT2D eigenvalue weighted by atomic mass is 35.5. The van der Waals surface area contributed by atoms with Gasteiger partial charge in [0.1, 0.15) is 0 Å². The van der Waals surface area contributed by atoms with Gasteiger partial charge in [0.05, 0.1) is 22.3 Å². The van der Waals surface area contributed by atoms with E-state index >= 15 is 0 Å². The number of hydrogen-bond donors (Lipinski definition) is 1. The number of amides is 2. The molecule has 130 valence electrons. The van der Waals surface area contributed by atoms with Gasteiger partial charge in [0.15, 0.2) is 17.5 Å². The van der Waals surface area contributed by atoms with Gasteiger partial charge in [0.2, 0.25) is 11.8 Å². The lowest BCUT2D eigenvalue weighted by Gasteiger charge is -2.18. The first-order valence-corrected chi connectivity index (χ1v) is 7.75. The molecule has 2 aromatic carbocycles. The Morgan fingerprint density at radius 1 is 1.12 bits per heavy atom. The van der Waals surface area contributed by atoms with Crippen LogP contribution in [0.3, 0.4) is 0 Å². The molecule has 1 fully saturated rings. The molecule has 1 saturated heterocycles. The molecule has 25 heavy (non-hydrogen) atoms. The Bertz CT molecular complexity index is 860. The van der Waals surface area contributed by atoms with Crippen molar-refractivity contribution in [1.82, 2.24) is 0 Å². The quantitative estimate of drug-likeness (QED) is 0.839. The zero-order valence-electron chi connectivity index (χ0n) is 12.7. The van der Waals surface area contributed by atoms with Crippen molar-refractivity contribution in [3.05, 3.63) is 58.9 Å². The average molecular weight is 369 g/mol. The van der Waals surface area contributed by atoms with Crippen LogP contribution in [0.4, 0.5) is 24.5 Å². The first kappa shape index (κ1) is 17.3. The van der Waals surface area contributed by atoms with Gasteiger partial charge in [-0.3, -0.25) is 9.59 Å². The lowest BCUT2D eigenvalue weighted by atomic mass is 10.1. The van der Waals surface area contributed by atoms with Crippen LogP contribution in [-0.4, -0.2) is 18.4 Å². The van der Waals surface area contributed by atoms with Gasteiger partial charge in [-0.1, -0.05) is 23.7 Å². The summed E-state index contributed by atoms with van der Waals surface area (Å²) in [6, 6.07) is 8.32. The number of rotatable bonds is 3. The van der Waals surface area contributed by atoms with Crippen molar-refractivity contribution < 1.29 is 22.8 Å². The van der Waals surface area contributed by atoms with Crippen molar-refractivity contribution in [3.63, 3.8) is 0 Å². The Morgan fingerprint density at radius 2 is 1.84 bits per heavy atom. The Kier molecular flexibility index (Phi) is 4.67. The largest absolute Gasteiger partial charge is 0.323 e. The van der Waals surface area contributed by atoms with Crippen LogP contribution in [0.25, 0.3) is 0 Å². The van der Waals surface area contributed by atoms with Crippen LogP contribution in [0, 0.1) is 23.4 Å². The fourth-order valence-corrected chi connectivity index (χ4v) is 2.88. The molecule has 0 unspecified atom stereocenters. The van der Waals surface area contributed by atoms with Gasteiger partial charge >= 0.3 is 0 Å². The van der Waals surface area contributed by atoms with E-state index in [-0.39, 0.29) is 18.9 Å². The van der Waals surface area contributed by atoms with Crippen molar-refractivity contribution in [1.29, 1.82) is 0 Å². The van der Waals surface area contributed by atoms with Crippen molar-refractivity contribution in [3.8, 4) is 0 Å². The van der Waals surface area contributed by atoms with Crippen molar-refractivity contribution in [2.24, 2.45) is 5.92 Å². The summed E-state index contributed by atoms with van der Waals surface area (Å²) in [6.07, 6.45) is -0.0949. The zero-order valence-corrected chi connectivity index (χ0v) is 13.5. The van der Waals surface area contributed by atoms with Gasteiger partial charge in [0, 0.05) is 13.0 Å². The van der Waals surface area contributed by atoms with E-state index in [1.807, 2.05) is 0 Å². The van der Waals surface area contributed by atoms with Crippen LogP contribution in [0.5, 0.6) is 0 Å². The summed E-state index contributed by atoms with van der Waals surface area (Å²) < 4.78 is 39.8. The molecule has 4 nitrogen and oxygen atoms in total. The molecule has 1 aliphatic rings. The molecule has 1 aliphatic heterocycles. The summed E-state index contributed by atoms with van der Waals surface area (Å²) >= 11 is 6.06. The van der Waals surface area contributed by atoms with E-state index < -0.39 is 35.0 Å². The maximum atomic E-state index is 13.7. The number of hydrogen-bond acceptors (Lipinski definition) is 2. The Morgan fingerprint density at radius 3 is 2.56 bits per heavy atom. The number of anilines is 2. The van der Waals surface area contributed by atoms with Gasteiger partial charge in [0.25, 0.3) is 0 Å². The number of carbonyl (C=O) groups is 2. The van der Waals surface area contributed by atoms with Gasteiger partial charge in [-0.05, 0) is 24.3 Å². The summed E-state index contributed by atoms with van der Waals surface area (Å²) in [5, 5.41) is 2.56. The second kappa shape index (κ2) is 6.76. The second-order valence-corrected chi connectivity index (χ2v) is 5.98. The molecular formula is C17H12ClF3N2O2. The predicted molar refractivity (Wildman–Crippen MR) is 86.9 cm³/mol. The smallest absolute Gasteiger partial charge is 0.229 e. The summed E-state index contributed by atoms with van der Waals surface area (Å²) in [7, 11) is 0. The molecule has 1 atom stereocenters. The van der Waals surface area contributed by atoms with Gasteiger partial charge in [-0.15, -0.1) is 0 Å². The molecule has 0 aromatic heterocycles. The van der Waals surface area contributed by atoms with E-state index in [1.165, 1.54) is 4.90 Å². The molecule has 0 bridgehead atoms. The SMILES string of the molecule is O=C(Nc1ccc(F)c(F)c1F)[C@@H]1CC(=O)N(c2ccccc2Cl)C1. The summed E-state index contributed by atoms with van der Waals surface area (Å²) in [4.78, 5) is 25.8. The molecule has 1 N–H and O–H groups in total. The number of carbonyl (C=O) groups excluding carboxylic acids is 2. The molecule has 1 heterocycles. The highest BCUT2D eigenvalue weighted by Gasteiger charge is 2.36. The molecule has 0 aliphatic carbocycles. The minimum absolute atomic E-state index is 0.0553. The number of halogens is 4. The standard InChI is InChI=1S/C17H12ClF3N2O2/c18-10-3-1-2-4-13(10)23-8-9(7-14(23)24)17(25)22-12-6-5-11(19)15(20)16(12)21/h1-6,9H,7-8H2,(H,22,25)/t9-/m1/s1. The molecule has 0 spiro atoms. The van der Waals surface area contributed by atoms with Crippen molar-refractivity contribution >= 4 is 34.8 Å². The topological polar surface area (TPSA) is 49.4 Å². The van der Waals surface area contributed by atoms with E-state index in [0.29, 0.717) is 16.8 Å². The van der Waals surface area contributed by atoms with E-state index in [9.17, 15) is 22.8 Å². The third-order valence-electron chi connectivity index (χ3n) is 3.93. The third kappa shape index (κ3) is 3.32. The monoisotopic (exact) mass is 368 g/mol. The van der Waals surface area contributed by atoms with Crippen LogP contribution < -0.4 is 10.2 Å². The number of nitrogens with zero attached hydrogens (tertiary/aromatic N) is 1. The van der Waals surface area contributed by atoms with Crippen molar-refractivity contribution in [2.45, 2.75) is 6.42 Å². The first-order chi connectivity index (χ1) is 11.9. The summed E-state index contributed by atoms with van der Waals surface area (Å²) in [6.45, 7) is 0.0553. The number of nitrogens with one attached hydrogen (secondary N) is 1. The molecular weight excluding hydrogens is 357 g/mol. The molecule has 8 heteroatoms. The van der Waals surface area contributed by atoms with Gasteiger partial charge in [-0.25, -0.2) is 13.2 Å². The average Bonchev–Trinajstić information content (AvgIpc) is 2.97. The Balaban J connectivity index is 1.76. The molecule has 2 aromatic rings. The molecule has 3 rings (SSSR count). The second-order valence-electron chi connectivity index (χ2n) is 5.57. The fourth-order valence-electron chi connectivity index (χ4n) is 2.64. The van der Waals surface area contributed by atoms with Crippen molar-refractivity contribution in [2.75, 3.05) is 16.8 Å². The first-order valence-electron chi connectivity index (χ1n) is 7.37. The summed E-state index contributed by atoms with van der Waals surface area (Å²) in [5.74, 6) is -6.24. The normalized spacial score (nSPS) is 17.0. The van der Waals surface area contributed by atoms with Gasteiger partial charge in [-0.2, -0.15) is 0 Å². The maximum absolute atomic E-state index is 13.7. The number of benzene rings is 2. The van der Waals surface area contributed by atoms with Crippen LogP contribution in [-0.2, 0) is 9.59 Å². The molecule has 0 saturated carbocycles. The Hall–Kier alpha value is -2.54. The summed E-state index contributed by atoms with van der Waals surface area (Å²) in [5.41, 5.74) is -0.00369. The highest BCUT2D eigenvalue weighted by molar-refractivity contribution is 6.33. The predicted octanol–water partition coefficient (Wildman–Crippen LogP) is 3.75. The molecule has 0 radical (unpaired) electrons. The highest BCUT2D eigenvalue weighted by Crippen LogP contribution is 2.31. The molecule has 2 amide bonds. The van der Waals surface area contributed by atoms with Crippen LogP contribution in [0.1, 0.15) is 6.42 Å². The minimum Gasteiger partial charge on any atom is -0.323 e. The maximum Gasteiger partial charge on any atom is 0.229 e. The lowest BCUT2D eigenvalue weighted by Crippen LogP contribution is -2.28. The van der Waals surface area contributed by atoms with E-state index in [1.54, 1.807) is 24.3 Å². The van der Waals surface area contributed by atoms with E-state index in [2.05, 4.69) is 5.32 Å². The lowest BCUT2D eigenvalue weighted by molar-refractivity contribution is -0.122. The number of para-hydroxylation sites is 1. The third-order valence-corrected chi connectivity index (χ3v) is 4.25. The van der Waals surface area contributed by atoms with Crippen LogP contribution in [0.2, 0.25) is 5.02 Å².